The van der Waals surface area contributed by atoms with Crippen LogP contribution in [0.25, 0.3) is 0 Å². The summed E-state index contributed by atoms with van der Waals surface area (Å²) in [7, 11) is 0. The van der Waals surface area contributed by atoms with E-state index >= 15 is 0 Å². The first-order valence-corrected chi connectivity index (χ1v) is 8.93. The van der Waals surface area contributed by atoms with E-state index < -0.39 is 6.04 Å². The number of ether oxygens (including phenoxy) is 2. The summed E-state index contributed by atoms with van der Waals surface area (Å²) in [5.41, 5.74) is 7.32. The highest BCUT2D eigenvalue weighted by Crippen LogP contribution is 2.25. The molecule has 2 saturated heterocycles. The summed E-state index contributed by atoms with van der Waals surface area (Å²) in [6.45, 7) is 3.14. The highest BCUT2D eigenvalue weighted by atomic mass is 79.9. The van der Waals surface area contributed by atoms with Crippen molar-refractivity contribution in [2.24, 2.45) is 11.7 Å². The van der Waals surface area contributed by atoms with Crippen LogP contribution < -0.4 is 5.73 Å². The van der Waals surface area contributed by atoms with Crippen molar-refractivity contribution >= 4 is 34.2 Å². The minimum absolute atomic E-state index is 0. The van der Waals surface area contributed by atoms with Gasteiger partial charge in [0.2, 0.25) is 5.91 Å². The number of morpholine rings is 1. The summed E-state index contributed by atoms with van der Waals surface area (Å²) >= 11 is 3.44. The normalized spacial score (nSPS) is 23.4. The molecule has 2 fully saturated rings. The molecule has 2 aliphatic heterocycles. The molecule has 2 aliphatic rings. The predicted molar refractivity (Wildman–Crippen MR) is 98.2 cm³/mol. The van der Waals surface area contributed by atoms with Crippen LogP contribution in [0.15, 0.2) is 28.7 Å². The van der Waals surface area contributed by atoms with Crippen LogP contribution in [0.1, 0.15) is 24.5 Å². The highest BCUT2D eigenvalue weighted by Gasteiger charge is 2.33. The SMILES string of the molecule is Cl.NC(C(=O)N1CCOC(c2ccc(Br)cc2)C1)C1CCOCC1. The molecule has 0 saturated carbocycles. The first-order chi connectivity index (χ1) is 11.1. The van der Waals surface area contributed by atoms with Crippen molar-refractivity contribution in [2.45, 2.75) is 25.0 Å². The minimum Gasteiger partial charge on any atom is -0.381 e. The van der Waals surface area contributed by atoms with Crippen LogP contribution in [0, 0.1) is 5.92 Å². The molecule has 2 atom stereocenters. The van der Waals surface area contributed by atoms with Crippen molar-refractivity contribution in [3.8, 4) is 0 Å². The van der Waals surface area contributed by atoms with Gasteiger partial charge in [0.1, 0.15) is 6.10 Å². The summed E-state index contributed by atoms with van der Waals surface area (Å²) in [5, 5.41) is 0. The Morgan fingerprint density at radius 2 is 1.88 bits per heavy atom. The van der Waals surface area contributed by atoms with E-state index in [1.165, 1.54) is 0 Å². The number of amides is 1. The molecule has 2 unspecified atom stereocenters. The topological polar surface area (TPSA) is 64.8 Å². The molecule has 0 bridgehead atoms. The number of benzene rings is 1. The van der Waals surface area contributed by atoms with Gasteiger partial charge in [0.05, 0.1) is 19.2 Å². The summed E-state index contributed by atoms with van der Waals surface area (Å²) < 4.78 is 12.2. The van der Waals surface area contributed by atoms with E-state index in [2.05, 4.69) is 15.9 Å². The van der Waals surface area contributed by atoms with Gasteiger partial charge in [-0.1, -0.05) is 28.1 Å². The second-order valence-corrected chi connectivity index (χ2v) is 7.09. The number of nitrogens with zero attached hydrogens (tertiary/aromatic N) is 1. The molecule has 0 aromatic heterocycles. The van der Waals surface area contributed by atoms with Gasteiger partial charge in [-0.2, -0.15) is 0 Å². The molecule has 0 aliphatic carbocycles. The average molecular weight is 420 g/mol. The predicted octanol–water partition coefficient (Wildman–Crippen LogP) is 2.52. The lowest BCUT2D eigenvalue weighted by molar-refractivity contribution is -0.142. The van der Waals surface area contributed by atoms with E-state index in [-0.39, 0.29) is 30.3 Å². The summed E-state index contributed by atoms with van der Waals surface area (Å²) in [6, 6.07) is 7.62. The summed E-state index contributed by atoms with van der Waals surface area (Å²) in [6.07, 6.45) is 1.66. The second kappa shape index (κ2) is 9.15. The maximum Gasteiger partial charge on any atom is 0.239 e. The lowest BCUT2D eigenvalue weighted by atomic mass is 9.91. The third-order valence-electron chi connectivity index (χ3n) is 4.68. The number of rotatable bonds is 3. The van der Waals surface area contributed by atoms with E-state index in [9.17, 15) is 4.79 Å². The molecular formula is C17H24BrClN2O3. The van der Waals surface area contributed by atoms with Crippen molar-refractivity contribution in [3.05, 3.63) is 34.3 Å². The molecule has 2 heterocycles. The maximum absolute atomic E-state index is 12.7. The van der Waals surface area contributed by atoms with E-state index in [1.54, 1.807) is 0 Å². The summed E-state index contributed by atoms with van der Waals surface area (Å²) in [4.78, 5) is 14.6. The van der Waals surface area contributed by atoms with E-state index in [1.807, 2.05) is 29.2 Å². The Bertz CT molecular complexity index is 537. The first kappa shape index (κ1) is 19.7. The van der Waals surface area contributed by atoms with Crippen molar-refractivity contribution in [3.63, 3.8) is 0 Å². The van der Waals surface area contributed by atoms with Gasteiger partial charge < -0.3 is 20.1 Å². The zero-order valence-electron chi connectivity index (χ0n) is 13.5. The zero-order valence-corrected chi connectivity index (χ0v) is 15.9. The van der Waals surface area contributed by atoms with Gasteiger partial charge in [-0.15, -0.1) is 12.4 Å². The fourth-order valence-corrected chi connectivity index (χ4v) is 3.48. The Morgan fingerprint density at radius 1 is 1.21 bits per heavy atom. The molecule has 5 nitrogen and oxygen atoms in total. The largest absolute Gasteiger partial charge is 0.381 e. The van der Waals surface area contributed by atoms with E-state index in [0.29, 0.717) is 32.9 Å². The fourth-order valence-electron chi connectivity index (χ4n) is 3.22. The second-order valence-electron chi connectivity index (χ2n) is 6.17. The molecule has 0 radical (unpaired) electrons. The van der Waals surface area contributed by atoms with Crippen molar-refractivity contribution < 1.29 is 14.3 Å². The highest BCUT2D eigenvalue weighted by molar-refractivity contribution is 9.10. The Labute approximate surface area is 157 Å². The quantitative estimate of drug-likeness (QED) is 0.818. The van der Waals surface area contributed by atoms with Crippen LogP contribution in [0.2, 0.25) is 0 Å². The Kier molecular flexibility index (Phi) is 7.50. The molecule has 3 rings (SSSR count). The number of carbonyl (C=O) groups excluding carboxylic acids is 1. The maximum atomic E-state index is 12.7. The summed E-state index contributed by atoms with van der Waals surface area (Å²) in [5.74, 6) is 0.271. The number of halogens is 2. The average Bonchev–Trinajstić information content (AvgIpc) is 2.62. The molecule has 7 heteroatoms. The van der Waals surface area contributed by atoms with Gasteiger partial charge in [0.15, 0.2) is 0 Å². The molecular weight excluding hydrogens is 396 g/mol. The Balaban J connectivity index is 0.00000208. The van der Waals surface area contributed by atoms with Crippen LogP contribution in [-0.4, -0.2) is 49.8 Å². The molecule has 0 spiro atoms. The molecule has 1 aromatic carbocycles. The van der Waals surface area contributed by atoms with E-state index in [4.69, 9.17) is 15.2 Å². The molecule has 24 heavy (non-hydrogen) atoms. The lowest BCUT2D eigenvalue weighted by Gasteiger charge is -2.36. The molecule has 134 valence electrons. The van der Waals surface area contributed by atoms with Crippen molar-refractivity contribution in [1.82, 2.24) is 4.90 Å². The zero-order chi connectivity index (χ0) is 16.2. The number of hydrogen-bond acceptors (Lipinski definition) is 4. The van der Waals surface area contributed by atoms with Crippen LogP contribution in [-0.2, 0) is 14.3 Å². The smallest absolute Gasteiger partial charge is 0.239 e. The monoisotopic (exact) mass is 418 g/mol. The van der Waals surface area contributed by atoms with Gasteiger partial charge >= 0.3 is 0 Å². The van der Waals surface area contributed by atoms with Crippen LogP contribution in [0.5, 0.6) is 0 Å². The minimum atomic E-state index is -0.428. The van der Waals surface area contributed by atoms with Crippen molar-refractivity contribution in [2.75, 3.05) is 32.9 Å². The van der Waals surface area contributed by atoms with Crippen LogP contribution >= 0.6 is 28.3 Å². The molecule has 1 amide bonds. The number of hydrogen-bond donors (Lipinski definition) is 1. The number of nitrogens with two attached hydrogens (primary N) is 1. The van der Waals surface area contributed by atoms with E-state index in [0.717, 1.165) is 22.9 Å². The van der Waals surface area contributed by atoms with Gasteiger partial charge in [0, 0.05) is 24.2 Å². The van der Waals surface area contributed by atoms with Crippen molar-refractivity contribution in [1.29, 1.82) is 0 Å². The van der Waals surface area contributed by atoms with Gasteiger partial charge in [-0.05, 0) is 36.5 Å². The third kappa shape index (κ3) is 4.70. The van der Waals surface area contributed by atoms with Gasteiger partial charge in [-0.25, -0.2) is 0 Å². The lowest BCUT2D eigenvalue weighted by Crippen LogP contribution is -2.52. The Morgan fingerprint density at radius 3 is 2.54 bits per heavy atom. The third-order valence-corrected chi connectivity index (χ3v) is 5.21. The standard InChI is InChI=1S/C17H23BrN2O3.ClH/c18-14-3-1-12(2-4-14)15-11-20(7-10-23-15)17(21)16(19)13-5-8-22-9-6-13;/h1-4,13,15-16H,5-11,19H2;1H. The fraction of sp³-hybridized carbons (Fsp3) is 0.588. The van der Waals surface area contributed by atoms with Crippen LogP contribution in [0.3, 0.4) is 0 Å². The first-order valence-electron chi connectivity index (χ1n) is 8.14. The number of carbonyl (C=O) groups is 1. The molecule has 2 N–H and O–H groups in total. The molecule has 1 aromatic rings. The van der Waals surface area contributed by atoms with Gasteiger partial charge in [-0.3, -0.25) is 4.79 Å². The van der Waals surface area contributed by atoms with Gasteiger partial charge in [0.25, 0.3) is 0 Å². The van der Waals surface area contributed by atoms with Crippen LogP contribution in [0.4, 0.5) is 0 Å². The Hall–Kier alpha value is -0.660.